The third-order valence-corrected chi connectivity index (χ3v) is 3.73. The van der Waals surface area contributed by atoms with Gasteiger partial charge in [-0.1, -0.05) is 18.2 Å². The molecule has 2 heterocycles. The molecule has 3 N–H and O–H groups in total. The van der Waals surface area contributed by atoms with Crippen LogP contribution in [0.2, 0.25) is 0 Å². The zero-order valence-corrected chi connectivity index (χ0v) is 14.2. The largest absolute Gasteiger partial charge is 0.416 e. The lowest BCUT2D eigenvalue weighted by molar-refractivity contribution is -0.137. The number of para-hydroxylation sites is 1. The van der Waals surface area contributed by atoms with E-state index in [0.717, 1.165) is 28.1 Å². The van der Waals surface area contributed by atoms with Gasteiger partial charge >= 0.3 is 6.18 Å². The summed E-state index contributed by atoms with van der Waals surface area (Å²) in [4.78, 5) is 24.1. The summed E-state index contributed by atoms with van der Waals surface area (Å²) in [6.45, 7) is 1.75. The highest BCUT2D eigenvalue weighted by molar-refractivity contribution is 5.58. The van der Waals surface area contributed by atoms with Gasteiger partial charge in [0, 0.05) is 18.0 Å². The number of alkyl halides is 3. The second-order valence-corrected chi connectivity index (χ2v) is 5.75. The first-order valence-electron chi connectivity index (χ1n) is 7.83. The van der Waals surface area contributed by atoms with Gasteiger partial charge in [0.2, 0.25) is 11.9 Å². The van der Waals surface area contributed by atoms with Crippen LogP contribution in [0.1, 0.15) is 17.0 Å². The van der Waals surface area contributed by atoms with Crippen LogP contribution in [0.4, 0.5) is 30.8 Å². The average Bonchev–Trinajstić information content (AvgIpc) is 2.57. The van der Waals surface area contributed by atoms with Crippen molar-refractivity contribution in [1.82, 2.24) is 19.5 Å². The fourth-order valence-corrected chi connectivity index (χ4v) is 2.37. The maximum atomic E-state index is 12.7. The Bertz CT molecular complexity index is 1030. The standard InChI is InChI=1S/C17H15F3N6O/c1-10-4-2-3-5-12(10)22-16-24-13(23-15(21)25-16)9-26-7-6-11(8-14(26)27)17(18,19)20/h2-8H,9H2,1H3,(H3,21,22,23,24,25). The zero-order chi connectivity index (χ0) is 19.6. The normalized spacial score (nSPS) is 11.4. The van der Waals surface area contributed by atoms with E-state index in [4.69, 9.17) is 5.73 Å². The Morgan fingerprint density at radius 1 is 1.15 bits per heavy atom. The Hall–Kier alpha value is -3.43. The third kappa shape index (κ3) is 4.40. The molecule has 1 aromatic carbocycles. The monoisotopic (exact) mass is 376 g/mol. The molecule has 0 aliphatic heterocycles. The molecule has 3 aromatic rings. The van der Waals surface area contributed by atoms with Gasteiger partial charge in [-0.05, 0) is 24.6 Å². The van der Waals surface area contributed by atoms with Gasteiger partial charge in [0.15, 0.2) is 5.82 Å². The van der Waals surface area contributed by atoms with Crippen molar-refractivity contribution in [3.8, 4) is 0 Å². The number of halogens is 3. The number of aromatic nitrogens is 4. The number of anilines is 3. The molecule has 140 valence electrons. The molecule has 0 bridgehead atoms. The van der Waals surface area contributed by atoms with Crippen molar-refractivity contribution in [3.63, 3.8) is 0 Å². The number of hydrogen-bond donors (Lipinski definition) is 2. The molecule has 2 aromatic heterocycles. The summed E-state index contributed by atoms with van der Waals surface area (Å²) in [6.07, 6.45) is -3.54. The molecule has 0 saturated carbocycles. The van der Waals surface area contributed by atoms with Crippen molar-refractivity contribution in [3.05, 3.63) is 69.9 Å². The van der Waals surface area contributed by atoms with E-state index in [-0.39, 0.29) is 24.3 Å². The first kappa shape index (κ1) is 18.4. The highest BCUT2D eigenvalue weighted by Crippen LogP contribution is 2.27. The maximum absolute atomic E-state index is 12.7. The van der Waals surface area contributed by atoms with Crippen LogP contribution in [0.5, 0.6) is 0 Å². The smallest absolute Gasteiger partial charge is 0.368 e. The van der Waals surface area contributed by atoms with Gasteiger partial charge < -0.3 is 15.6 Å². The van der Waals surface area contributed by atoms with Crippen molar-refractivity contribution in [2.75, 3.05) is 11.1 Å². The number of nitrogens with zero attached hydrogens (tertiary/aromatic N) is 4. The molecule has 0 radical (unpaired) electrons. The van der Waals surface area contributed by atoms with Crippen molar-refractivity contribution >= 4 is 17.6 Å². The number of nitrogen functional groups attached to an aromatic ring is 1. The van der Waals surface area contributed by atoms with Crippen LogP contribution in [0.25, 0.3) is 0 Å². The lowest BCUT2D eigenvalue weighted by Crippen LogP contribution is -2.23. The van der Waals surface area contributed by atoms with Gasteiger partial charge in [0.25, 0.3) is 5.56 Å². The number of rotatable bonds is 4. The van der Waals surface area contributed by atoms with E-state index in [1.165, 1.54) is 0 Å². The maximum Gasteiger partial charge on any atom is 0.416 e. The summed E-state index contributed by atoms with van der Waals surface area (Å²) in [5.74, 6) is 0.239. The molecular formula is C17H15F3N6O. The van der Waals surface area contributed by atoms with E-state index in [2.05, 4.69) is 20.3 Å². The Balaban J connectivity index is 1.87. The topological polar surface area (TPSA) is 98.7 Å². The first-order chi connectivity index (χ1) is 12.7. The molecule has 27 heavy (non-hydrogen) atoms. The van der Waals surface area contributed by atoms with Crippen LogP contribution in [-0.4, -0.2) is 19.5 Å². The number of nitrogens with one attached hydrogen (secondary N) is 1. The molecule has 0 saturated heterocycles. The fraction of sp³-hybridized carbons (Fsp3) is 0.176. The second-order valence-electron chi connectivity index (χ2n) is 5.75. The average molecular weight is 376 g/mol. The summed E-state index contributed by atoms with van der Waals surface area (Å²) in [5, 5.41) is 3.00. The minimum atomic E-state index is -4.58. The third-order valence-electron chi connectivity index (χ3n) is 3.73. The predicted molar refractivity (Wildman–Crippen MR) is 93.5 cm³/mol. The quantitative estimate of drug-likeness (QED) is 0.727. The van der Waals surface area contributed by atoms with E-state index in [9.17, 15) is 18.0 Å². The molecule has 10 heteroatoms. The van der Waals surface area contributed by atoms with Gasteiger partial charge in [-0.2, -0.15) is 28.1 Å². The van der Waals surface area contributed by atoms with E-state index < -0.39 is 17.3 Å². The fourth-order valence-electron chi connectivity index (χ4n) is 2.37. The van der Waals surface area contributed by atoms with Crippen LogP contribution >= 0.6 is 0 Å². The van der Waals surface area contributed by atoms with E-state index in [1.54, 1.807) is 0 Å². The van der Waals surface area contributed by atoms with Gasteiger partial charge in [0.1, 0.15) is 0 Å². The molecule has 0 unspecified atom stereocenters. The minimum Gasteiger partial charge on any atom is -0.368 e. The Morgan fingerprint density at radius 2 is 1.89 bits per heavy atom. The number of pyridine rings is 1. The van der Waals surface area contributed by atoms with Crippen molar-refractivity contribution in [2.45, 2.75) is 19.6 Å². The van der Waals surface area contributed by atoms with Crippen molar-refractivity contribution in [2.24, 2.45) is 0 Å². The molecule has 0 aliphatic carbocycles. The Labute approximate surface area is 151 Å². The number of aryl methyl sites for hydroxylation is 1. The number of hydrogen-bond acceptors (Lipinski definition) is 6. The van der Waals surface area contributed by atoms with E-state index in [1.807, 2.05) is 31.2 Å². The lowest BCUT2D eigenvalue weighted by Gasteiger charge is -2.11. The first-order valence-corrected chi connectivity index (χ1v) is 7.83. The van der Waals surface area contributed by atoms with E-state index >= 15 is 0 Å². The zero-order valence-electron chi connectivity index (χ0n) is 14.2. The summed E-state index contributed by atoms with van der Waals surface area (Å²) in [7, 11) is 0. The SMILES string of the molecule is Cc1ccccc1Nc1nc(N)nc(Cn2ccc(C(F)(F)F)cc2=O)n1. The summed E-state index contributed by atoms with van der Waals surface area (Å²) in [6, 6.07) is 8.79. The Morgan fingerprint density at radius 3 is 2.56 bits per heavy atom. The Kier molecular flexibility index (Phi) is 4.80. The highest BCUT2D eigenvalue weighted by atomic mass is 19.4. The van der Waals surface area contributed by atoms with Gasteiger partial charge in [-0.3, -0.25) is 4.79 Å². The van der Waals surface area contributed by atoms with Crippen LogP contribution in [0.15, 0.2) is 47.4 Å². The molecule has 0 amide bonds. The molecular weight excluding hydrogens is 361 g/mol. The second kappa shape index (κ2) is 7.06. The molecule has 3 rings (SSSR count). The van der Waals surface area contributed by atoms with Crippen molar-refractivity contribution < 1.29 is 13.2 Å². The predicted octanol–water partition coefficient (Wildman–Crippen LogP) is 2.73. The van der Waals surface area contributed by atoms with Crippen molar-refractivity contribution in [1.29, 1.82) is 0 Å². The van der Waals surface area contributed by atoms with Gasteiger partial charge in [0.05, 0.1) is 12.1 Å². The molecule has 0 aliphatic rings. The van der Waals surface area contributed by atoms with Crippen LogP contribution in [0, 0.1) is 6.92 Å². The summed E-state index contributed by atoms with van der Waals surface area (Å²) < 4.78 is 39.1. The van der Waals surface area contributed by atoms with Gasteiger partial charge in [-0.15, -0.1) is 0 Å². The number of nitrogens with two attached hydrogens (primary N) is 1. The minimum absolute atomic E-state index is 0.0731. The van der Waals surface area contributed by atoms with Gasteiger partial charge in [-0.25, -0.2) is 0 Å². The van der Waals surface area contributed by atoms with Crippen LogP contribution in [0.3, 0.4) is 0 Å². The highest BCUT2D eigenvalue weighted by Gasteiger charge is 2.30. The van der Waals surface area contributed by atoms with E-state index in [0.29, 0.717) is 6.07 Å². The van der Waals surface area contributed by atoms with Crippen LogP contribution < -0.4 is 16.6 Å². The lowest BCUT2D eigenvalue weighted by atomic mass is 10.2. The summed E-state index contributed by atoms with van der Waals surface area (Å²) >= 11 is 0. The number of benzene rings is 1. The summed E-state index contributed by atoms with van der Waals surface area (Å²) in [5.41, 5.74) is 5.57. The molecule has 0 atom stereocenters. The molecule has 0 fully saturated rings. The molecule has 7 nitrogen and oxygen atoms in total. The molecule has 0 spiro atoms. The van der Waals surface area contributed by atoms with Crippen LogP contribution in [-0.2, 0) is 12.7 Å².